The number of nitrogens with one attached hydrogen (secondary N) is 2. The first kappa shape index (κ1) is 18.6. The topological polar surface area (TPSA) is 114 Å². The number of halogens is 1. The van der Waals surface area contributed by atoms with E-state index in [9.17, 15) is 8.42 Å². The zero-order valence-corrected chi connectivity index (χ0v) is 17.1. The summed E-state index contributed by atoms with van der Waals surface area (Å²) in [5.74, 6) is 0.605. The molecule has 0 fully saturated rings. The highest BCUT2D eigenvalue weighted by Crippen LogP contribution is 2.29. The van der Waals surface area contributed by atoms with Gasteiger partial charge in [0.25, 0.3) is 15.7 Å². The van der Waals surface area contributed by atoms with Gasteiger partial charge in [0.2, 0.25) is 0 Å². The van der Waals surface area contributed by atoms with Crippen molar-refractivity contribution < 1.29 is 12.9 Å². The van der Waals surface area contributed by atoms with Crippen LogP contribution in [0.25, 0.3) is 33.5 Å². The standard InChI is InChI=1S/C20H14ClN5O3S/c1-11-15-9-13(10-22-20(15)29-25-11)30(27,28)26-12-6-7-17-18(8-12)24-19(23-17)14-4-2-3-5-16(14)21/h2-10,26H,1H3,(H,23,24). The number of hydrogen-bond donors (Lipinski definition) is 2. The Hall–Kier alpha value is -3.43. The Labute approximate surface area is 176 Å². The molecule has 0 aliphatic heterocycles. The van der Waals surface area contributed by atoms with Crippen molar-refractivity contribution in [1.29, 1.82) is 0 Å². The minimum absolute atomic E-state index is 0.0164. The number of nitrogens with zero attached hydrogens (tertiary/aromatic N) is 3. The maximum atomic E-state index is 12.8. The molecule has 0 saturated carbocycles. The predicted octanol–water partition coefficient (Wildman–Crippen LogP) is 4.53. The van der Waals surface area contributed by atoms with Crippen molar-refractivity contribution in [3.8, 4) is 11.4 Å². The van der Waals surface area contributed by atoms with Gasteiger partial charge < -0.3 is 9.51 Å². The quantitative estimate of drug-likeness (QED) is 0.425. The molecule has 0 aliphatic carbocycles. The van der Waals surface area contributed by atoms with Gasteiger partial charge in [-0.2, -0.15) is 0 Å². The highest BCUT2D eigenvalue weighted by molar-refractivity contribution is 7.92. The zero-order chi connectivity index (χ0) is 20.9. The van der Waals surface area contributed by atoms with Crippen LogP contribution in [-0.4, -0.2) is 28.5 Å². The second-order valence-corrected chi connectivity index (χ2v) is 8.78. The molecule has 0 atom stereocenters. The first-order valence-corrected chi connectivity index (χ1v) is 10.8. The maximum Gasteiger partial charge on any atom is 0.263 e. The SMILES string of the molecule is Cc1noc2ncc(S(=O)(=O)Nc3ccc4nc(-c5ccccc5Cl)[nH]c4c3)cc12. The van der Waals surface area contributed by atoms with Crippen LogP contribution in [0, 0.1) is 6.92 Å². The fourth-order valence-electron chi connectivity index (χ4n) is 3.14. The van der Waals surface area contributed by atoms with Gasteiger partial charge in [-0.1, -0.05) is 28.9 Å². The zero-order valence-electron chi connectivity index (χ0n) is 15.5. The number of aromatic nitrogens is 4. The lowest BCUT2D eigenvalue weighted by molar-refractivity contribution is 0.442. The van der Waals surface area contributed by atoms with E-state index in [-0.39, 0.29) is 10.6 Å². The highest BCUT2D eigenvalue weighted by atomic mass is 35.5. The Morgan fingerprint density at radius 3 is 2.80 bits per heavy atom. The normalized spacial score (nSPS) is 11.9. The van der Waals surface area contributed by atoms with Crippen LogP contribution in [0.15, 0.2) is 64.1 Å². The van der Waals surface area contributed by atoms with E-state index < -0.39 is 10.0 Å². The molecule has 3 heterocycles. The molecule has 150 valence electrons. The summed E-state index contributed by atoms with van der Waals surface area (Å²) >= 11 is 6.25. The van der Waals surface area contributed by atoms with E-state index in [1.54, 1.807) is 31.2 Å². The van der Waals surface area contributed by atoms with Gasteiger partial charge in [0.05, 0.1) is 39.0 Å². The number of aryl methyl sites for hydroxylation is 1. The number of sulfonamides is 1. The summed E-state index contributed by atoms with van der Waals surface area (Å²) in [7, 11) is -3.86. The molecular weight excluding hydrogens is 426 g/mol. The van der Waals surface area contributed by atoms with Gasteiger partial charge in [-0.3, -0.25) is 4.72 Å². The molecule has 8 nitrogen and oxygen atoms in total. The van der Waals surface area contributed by atoms with Gasteiger partial charge in [-0.05, 0) is 43.3 Å². The van der Waals surface area contributed by atoms with Gasteiger partial charge >= 0.3 is 0 Å². The second kappa shape index (κ2) is 6.82. The Bertz CT molecular complexity index is 1520. The molecule has 2 aromatic carbocycles. The number of imidazole rings is 1. The average Bonchev–Trinajstić information content (AvgIpc) is 3.31. The van der Waals surface area contributed by atoms with Crippen molar-refractivity contribution in [2.24, 2.45) is 0 Å². The van der Waals surface area contributed by atoms with E-state index in [1.165, 1.54) is 12.3 Å². The number of aromatic amines is 1. The molecule has 0 unspecified atom stereocenters. The average molecular weight is 440 g/mol. The summed E-state index contributed by atoms with van der Waals surface area (Å²) in [4.78, 5) is 11.8. The molecule has 0 bridgehead atoms. The summed E-state index contributed by atoms with van der Waals surface area (Å²) in [6.45, 7) is 1.72. The Morgan fingerprint density at radius 2 is 1.97 bits per heavy atom. The monoisotopic (exact) mass is 439 g/mol. The predicted molar refractivity (Wildman–Crippen MR) is 114 cm³/mol. The van der Waals surface area contributed by atoms with Gasteiger partial charge in [0.15, 0.2) is 0 Å². The highest BCUT2D eigenvalue weighted by Gasteiger charge is 2.18. The van der Waals surface area contributed by atoms with E-state index in [4.69, 9.17) is 16.1 Å². The summed E-state index contributed by atoms with van der Waals surface area (Å²) in [6, 6.07) is 13.9. The molecule has 2 N–H and O–H groups in total. The first-order chi connectivity index (χ1) is 14.4. The van der Waals surface area contributed by atoms with Gasteiger partial charge in [-0.25, -0.2) is 18.4 Å². The van der Waals surface area contributed by atoms with Crippen molar-refractivity contribution in [1.82, 2.24) is 20.1 Å². The van der Waals surface area contributed by atoms with Gasteiger partial charge in [0.1, 0.15) is 10.7 Å². The van der Waals surface area contributed by atoms with Crippen molar-refractivity contribution in [2.45, 2.75) is 11.8 Å². The number of hydrogen-bond acceptors (Lipinski definition) is 6. The minimum atomic E-state index is -3.86. The Morgan fingerprint density at radius 1 is 1.13 bits per heavy atom. The molecule has 3 aromatic heterocycles. The molecule has 0 radical (unpaired) electrons. The van der Waals surface area contributed by atoms with Crippen LogP contribution in [0.4, 0.5) is 5.69 Å². The molecule has 5 rings (SSSR count). The molecule has 10 heteroatoms. The van der Waals surface area contributed by atoms with E-state index >= 15 is 0 Å². The molecule has 0 saturated heterocycles. The van der Waals surface area contributed by atoms with Crippen molar-refractivity contribution in [3.05, 3.63) is 65.4 Å². The fourth-order valence-corrected chi connectivity index (χ4v) is 4.39. The van der Waals surface area contributed by atoms with Crippen LogP contribution >= 0.6 is 11.6 Å². The summed E-state index contributed by atoms with van der Waals surface area (Å²) in [6.07, 6.45) is 1.24. The molecular formula is C20H14ClN5O3S. The van der Waals surface area contributed by atoms with Crippen LogP contribution in [0.1, 0.15) is 5.69 Å². The van der Waals surface area contributed by atoms with Gasteiger partial charge in [0, 0.05) is 5.56 Å². The van der Waals surface area contributed by atoms with Crippen molar-refractivity contribution >= 4 is 49.4 Å². The largest absolute Gasteiger partial charge is 0.338 e. The van der Waals surface area contributed by atoms with Gasteiger partial charge in [-0.15, -0.1) is 0 Å². The van der Waals surface area contributed by atoms with E-state index in [2.05, 4.69) is 24.8 Å². The van der Waals surface area contributed by atoms with E-state index in [0.29, 0.717) is 38.6 Å². The third-order valence-electron chi connectivity index (χ3n) is 4.66. The molecule has 0 spiro atoms. The van der Waals surface area contributed by atoms with Crippen molar-refractivity contribution in [3.63, 3.8) is 0 Å². The van der Waals surface area contributed by atoms with Crippen molar-refractivity contribution in [2.75, 3.05) is 4.72 Å². The van der Waals surface area contributed by atoms with E-state index in [0.717, 1.165) is 5.56 Å². The number of benzene rings is 2. The summed E-state index contributed by atoms with van der Waals surface area (Å²) < 4.78 is 33.3. The Kier molecular flexibility index (Phi) is 4.23. The number of rotatable bonds is 4. The second-order valence-electron chi connectivity index (χ2n) is 6.69. The maximum absolute atomic E-state index is 12.8. The number of fused-ring (bicyclic) bond motifs is 2. The number of H-pyrrole nitrogens is 1. The van der Waals surface area contributed by atoms with Crippen LogP contribution in [-0.2, 0) is 10.0 Å². The summed E-state index contributed by atoms with van der Waals surface area (Å²) in [5.41, 5.74) is 3.38. The third-order valence-corrected chi connectivity index (χ3v) is 6.34. The smallest absolute Gasteiger partial charge is 0.263 e. The number of pyridine rings is 1. The lowest BCUT2D eigenvalue weighted by Gasteiger charge is -2.07. The van der Waals surface area contributed by atoms with Crippen LogP contribution in [0.3, 0.4) is 0 Å². The Balaban J connectivity index is 1.49. The lowest BCUT2D eigenvalue weighted by atomic mass is 10.2. The molecule has 30 heavy (non-hydrogen) atoms. The molecule has 0 aliphatic rings. The van der Waals surface area contributed by atoms with Crippen LogP contribution in [0.2, 0.25) is 5.02 Å². The lowest BCUT2D eigenvalue weighted by Crippen LogP contribution is -2.13. The summed E-state index contributed by atoms with van der Waals surface area (Å²) in [5, 5.41) is 4.92. The van der Waals surface area contributed by atoms with Crippen LogP contribution < -0.4 is 4.72 Å². The third kappa shape index (κ3) is 3.17. The number of anilines is 1. The molecule has 5 aromatic rings. The minimum Gasteiger partial charge on any atom is -0.338 e. The van der Waals surface area contributed by atoms with Crippen LogP contribution in [0.5, 0.6) is 0 Å². The molecule has 0 amide bonds. The first-order valence-electron chi connectivity index (χ1n) is 8.90. The van der Waals surface area contributed by atoms with E-state index in [1.807, 2.05) is 18.2 Å². The fraction of sp³-hybridized carbons (Fsp3) is 0.0500.